The van der Waals surface area contributed by atoms with Crippen molar-refractivity contribution in [3.63, 3.8) is 0 Å². The van der Waals surface area contributed by atoms with E-state index in [2.05, 4.69) is 78.5 Å². The van der Waals surface area contributed by atoms with Gasteiger partial charge in [-0.05, 0) is 38.0 Å². The van der Waals surface area contributed by atoms with Crippen molar-refractivity contribution in [2.45, 2.75) is 51.1 Å². The second kappa shape index (κ2) is 5.55. The number of nitrogens with one attached hydrogen (secondary N) is 2. The maximum Gasteiger partial charge on any atom is 0.0210 e. The fraction of sp³-hybridized carbons (Fsp3) is 0.625. The SMILES string of the molecule is CC1(C)CC(NCC(C)(C)c2cccc(Br)c2)CN1. The van der Waals surface area contributed by atoms with Gasteiger partial charge in [-0.3, -0.25) is 0 Å². The third-order valence-corrected chi connectivity index (χ3v) is 4.52. The first-order valence-corrected chi connectivity index (χ1v) is 7.82. The van der Waals surface area contributed by atoms with Crippen molar-refractivity contribution in [1.82, 2.24) is 10.6 Å². The molecule has 19 heavy (non-hydrogen) atoms. The van der Waals surface area contributed by atoms with E-state index in [0.29, 0.717) is 6.04 Å². The summed E-state index contributed by atoms with van der Waals surface area (Å²) in [7, 11) is 0. The molecule has 1 aliphatic heterocycles. The average Bonchev–Trinajstić information content (AvgIpc) is 2.67. The lowest BCUT2D eigenvalue weighted by Gasteiger charge is -2.28. The minimum absolute atomic E-state index is 0.149. The molecule has 2 nitrogen and oxygen atoms in total. The van der Waals surface area contributed by atoms with E-state index in [4.69, 9.17) is 0 Å². The first-order chi connectivity index (χ1) is 8.78. The standard InChI is InChI=1S/C16H25BrN2/c1-15(2,12-6-5-7-13(17)8-12)11-18-14-9-16(3,4)19-10-14/h5-8,14,18-19H,9-11H2,1-4H3. The van der Waals surface area contributed by atoms with Gasteiger partial charge in [-0.2, -0.15) is 0 Å². The highest BCUT2D eigenvalue weighted by Gasteiger charge is 2.31. The number of halogens is 1. The molecule has 0 bridgehead atoms. The predicted octanol–water partition coefficient (Wildman–Crippen LogP) is 3.46. The maximum atomic E-state index is 3.72. The highest BCUT2D eigenvalue weighted by molar-refractivity contribution is 9.10. The quantitative estimate of drug-likeness (QED) is 0.886. The summed E-state index contributed by atoms with van der Waals surface area (Å²) in [5, 5.41) is 7.28. The molecule has 0 radical (unpaired) electrons. The van der Waals surface area contributed by atoms with Gasteiger partial charge in [0.25, 0.3) is 0 Å². The first-order valence-electron chi connectivity index (χ1n) is 7.03. The van der Waals surface area contributed by atoms with Crippen molar-refractivity contribution in [2.75, 3.05) is 13.1 Å². The molecule has 0 aliphatic carbocycles. The Hall–Kier alpha value is -0.380. The van der Waals surface area contributed by atoms with Gasteiger partial charge in [0.2, 0.25) is 0 Å². The summed E-state index contributed by atoms with van der Waals surface area (Å²) < 4.78 is 1.15. The molecule has 3 heteroatoms. The number of hydrogen-bond donors (Lipinski definition) is 2. The lowest BCUT2D eigenvalue weighted by atomic mass is 9.84. The van der Waals surface area contributed by atoms with Crippen LogP contribution in [0.15, 0.2) is 28.7 Å². The third kappa shape index (κ3) is 4.04. The van der Waals surface area contributed by atoms with Gasteiger partial charge in [0.05, 0.1) is 0 Å². The molecule has 1 aliphatic rings. The van der Waals surface area contributed by atoms with Gasteiger partial charge < -0.3 is 10.6 Å². The van der Waals surface area contributed by atoms with Gasteiger partial charge in [0.1, 0.15) is 0 Å². The van der Waals surface area contributed by atoms with E-state index in [1.165, 1.54) is 12.0 Å². The minimum atomic E-state index is 0.149. The van der Waals surface area contributed by atoms with Gasteiger partial charge in [-0.25, -0.2) is 0 Å². The number of benzene rings is 1. The van der Waals surface area contributed by atoms with E-state index in [-0.39, 0.29) is 11.0 Å². The summed E-state index contributed by atoms with van der Waals surface area (Å²) in [6, 6.07) is 9.21. The largest absolute Gasteiger partial charge is 0.312 e. The Kier molecular flexibility index (Phi) is 4.38. The molecule has 0 aromatic heterocycles. The summed E-state index contributed by atoms with van der Waals surface area (Å²) in [5.41, 5.74) is 1.80. The van der Waals surface area contributed by atoms with Crippen molar-refractivity contribution in [3.05, 3.63) is 34.3 Å². The Morgan fingerprint density at radius 3 is 2.74 bits per heavy atom. The molecule has 1 saturated heterocycles. The van der Waals surface area contributed by atoms with E-state index in [1.807, 2.05) is 0 Å². The van der Waals surface area contributed by atoms with Crippen molar-refractivity contribution < 1.29 is 0 Å². The summed E-state index contributed by atoms with van der Waals surface area (Å²) in [6.07, 6.45) is 1.20. The van der Waals surface area contributed by atoms with Crippen LogP contribution in [0, 0.1) is 0 Å². The third-order valence-electron chi connectivity index (χ3n) is 4.02. The molecule has 0 spiro atoms. The molecule has 1 heterocycles. The number of hydrogen-bond acceptors (Lipinski definition) is 2. The van der Waals surface area contributed by atoms with Crippen LogP contribution < -0.4 is 10.6 Å². The van der Waals surface area contributed by atoms with Crippen LogP contribution in [0.2, 0.25) is 0 Å². The summed E-state index contributed by atoms with van der Waals surface area (Å²) >= 11 is 3.56. The van der Waals surface area contributed by atoms with Crippen molar-refractivity contribution in [3.8, 4) is 0 Å². The Bertz CT molecular complexity index is 440. The van der Waals surface area contributed by atoms with Crippen LogP contribution in [0.3, 0.4) is 0 Å². The van der Waals surface area contributed by atoms with E-state index < -0.39 is 0 Å². The van der Waals surface area contributed by atoms with E-state index in [9.17, 15) is 0 Å². The Morgan fingerprint density at radius 2 is 2.16 bits per heavy atom. The zero-order valence-corrected chi connectivity index (χ0v) is 14.0. The monoisotopic (exact) mass is 324 g/mol. The second-order valence-corrected chi connectivity index (χ2v) is 7.86. The minimum Gasteiger partial charge on any atom is -0.312 e. The molecule has 1 fully saturated rings. The lowest BCUT2D eigenvalue weighted by molar-refractivity contribution is 0.407. The Balaban J connectivity index is 1.95. The van der Waals surface area contributed by atoms with Crippen molar-refractivity contribution in [1.29, 1.82) is 0 Å². The number of rotatable bonds is 4. The first kappa shape index (κ1) is 15.0. The van der Waals surface area contributed by atoms with Gasteiger partial charge in [0, 0.05) is 34.6 Å². The summed E-state index contributed by atoms with van der Waals surface area (Å²) in [4.78, 5) is 0. The molecule has 106 valence electrons. The Labute approximate surface area is 125 Å². The van der Waals surface area contributed by atoms with Gasteiger partial charge >= 0.3 is 0 Å². The maximum absolute atomic E-state index is 3.72. The van der Waals surface area contributed by atoms with Crippen LogP contribution in [0.5, 0.6) is 0 Å². The van der Waals surface area contributed by atoms with Crippen LogP contribution in [0.1, 0.15) is 39.7 Å². The van der Waals surface area contributed by atoms with Gasteiger partial charge in [-0.15, -0.1) is 0 Å². The fourth-order valence-electron chi connectivity index (χ4n) is 2.72. The van der Waals surface area contributed by atoms with Crippen LogP contribution in [0.4, 0.5) is 0 Å². The van der Waals surface area contributed by atoms with E-state index >= 15 is 0 Å². The lowest BCUT2D eigenvalue weighted by Crippen LogP contribution is -2.40. The van der Waals surface area contributed by atoms with Crippen molar-refractivity contribution in [2.24, 2.45) is 0 Å². The highest BCUT2D eigenvalue weighted by Crippen LogP contribution is 2.26. The zero-order valence-electron chi connectivity index (χ0n) is 12.4. The predicted molar refractivity (Wildman–Crippen MR) is 85.7 cm³/mol. The molecule has 1 aromatic rings. The summed E-state index contributed by atoms with van der Waals surface area (Å²) in [5.74, 6) is 0. The van der Waals surface area contributed by atoms with Crippen LogP contribution in [-0.2, 0) is 5.41 Å². The van der Waals surface area contributed by atoms with Crippen LogP contribution in [0.25, 0.3) is 0 Å². The Morgan fingerprint density at radius 1 is 1.42 bits per heavy atom. The molecular formula is C16H25BrN2. The zero-order chi connectivity index (χ0) is 14.1. The van der Waals surface area contributed by atoms with Gasteiger partial charge in [0.15, 0.2) is 0 Å². The smallest absolute Gasteiger partial charge is 0.0210 e. The highest BCUT2D eigenvalue weighted by atomic mass is 79.9. The average molecular weight is 325 g/mol. The fourth-order valence-corrected chi connectivity index (χ4v) is 3.11. The molecule has 0 amide bonds. The normalized spacial score (nSPS) is 22.7. The topological polar surface area (TPSA) is 24.1 Å². The van der Waals surface area contributed by atoms with E-state index in [1.54, 1.807) is 0 Å². The van der Waals surface area contributed by atoms with Gasteiger partial charge in [-0.1, -0.05) is 41.9 Å². The molecule has 1 atom stereocenters. The molecule has 1 unspecified atom stereocenters. The van der Waals surface area contributed by atoms with E-state index in [0.717, 1.165) is 17.6 Å². The summed E-state index contributed by atoms with van der Waals surface area (Å²) in [6.45, 7) is 11.2. The molecule has 2 N–H and O–H groups in total. The second-order valence-electron chi connectivity index (χ2n) is 6.94. The molecule has 2 rings (SSSR count). The van der Waals surface area contributed by atoms with Crippen LogP contribution in [-0.4, -0.2) is 24.7 Å². The molecule has 0 saturated carbocycles. The van der Waals surface area contributed by atoms with Crippen LogP contribution >= 0.6 is 15.9 Å². The van der Waals surface area contributed by atoms with Crippen molar-refractivity contribution >= 4 is 15.9 Å². The molecular weight excluding hydrogens is 300 g/mol. The molecule has 1 aromatic carbocycles.